The van der Waals surface area contributed by atoms with Gasteiger partial charge in [-0.05, 0) is 63.0 Å². The van der Waals surface area contributed by atoms with Crippen molar-refractivity contribution >= 4 is 17.9 Å². The lowest BCUT2D eigenvalue weighted by molar-refractivity contribution is -0.127. The molecule has 1 atom stereocenters. The van der Waals surface area contributed by atoms with Crippen LogP contribution in [-0.4, -0.2) is 60.4 Å². The molecular weight excluding hydrogens is 422 g/mol. The largest absolute Gasteiger partial charge is 0.354 e. The monoisotopic (exact) mass is 463 g/mol. The zero-order valence-electron chi connectivity index (χ0n) is 21.1. The van der Waals surface area contributed by atoms with Crippen molar-refractivity contribution in [3.63, 3.8) is 0 Å². The maximum absolute atomic E-state index is 12.9. The molecule has 0 heterocycles. The van der Waals surface area contributed by atoms with Crippen LogP contribution in [0.25, 0.3) is 6.08 Å². The van der Waals surface area contributed by atoms with E-state index >= 15 is 0 Å². The number of rotatable bonds is 15. The molecule has 0 aliphatic heterocycles. The number of amides is 2. The van der Waals surface area contributed by atoms with Gasteiger partial charge in [0.1, 0.15) is 0 Å². The van der Waals surface area contributed by atoms with E-state index in [0.29, 0.717) is 19.5 Å². The first-order valence-corrected chi connectivity index (χ1v) is 12.6. The van der Waals surface area contributed by atoms with Gasteiger partial charge in [0.05, 0.1) is 0 Å². The Balaban J connectivity index is 1.87. The third-order valence-corrected chi connectivity index (χ3v) is 6.06. The number of nitrogens with zero attached hydrogens (tertiary/aromatic N) is 2. The van der Waals surface area contributed by atoms with Gasteiger partial charge in [0.15, 0.2) is 0 Å². The number of benzene rings is 2. The minimum absolute atomic E-state index is 0.000103. The smallest absolute Gasteiger partial charge is 0.246 e. The molecule has 0 aliphatic rings. The van der Waals surface area contributed by atoms with Gasteiger partial charge in [0.25, 0.3) is 0 Å². The Hall–Kier alpha value is -2.92. The molecule has 0 saturated heterocycles. The van der Waals surface area contributed by atoms with Gasteiger partial charge in [-0.15, -0.1) is 0 Å². The molecule has 2 rings (SSSR count). The number of hydrogen-bond acceptors (Lipinski definition) is 3. The van der Waals surface area contributed by atoms with Crippen LogP contribution in [0.2, 0.25) is 0 Å². The van der Waals surface area contributed by atoms with Crippen molar-refractivity contribution in [1.82, 2.24) is 15.1 Å². The lowest BCUT2D eigenvalue weighted by Gasteiger charge is -2.22. The predicted molar refractivity (Wildman–Crippen MR) is 141 cm³/mol. The van der Waals surface area contributed by atoms with E-state index < -0.39 is 0 Å². The summed E-state index contributed by atoms with van der Waals surface area (Å²) in [7, 11) is 0. The van der Waals surface area contributed by atoms with E-state index in [2.05, 4.69) is 43.1 Å². The molecule has 0 aromatic heterocycles. The summed E-state index contributed by atoms with van der Waals surface area (Å²) in [6.45, 7) is 10.6. The van der Waals surface area contributed by atoms with Crippen LogP contribution in [0.1, 0.15) is 51.2 Å². The van der Waals surface area contributed by atoms with E-state index in [0.717, 1.165) is 44.5 Å². The topological polar surface area (TPSA) is 52.7 Å². The molecule has 0 bridgehead atoms. The SMILES string of the molecule is CCN(CC)CCCC(C)NC(=O)CCN(CCc1ccccc1)C(=O)/C=C/c1ccccc1. The molecule has 34 heavy (non-hydrogen) atoms. The Morgan fingerprint density at radius 1 is 0.912 bits per heavy atom. The van der Waals surface area contributed by atoms with E-state index in [1.807, 2.05) is 54.6 Å². The van der Waals surface area contributed by atoms with E-state index in [4.69, 9.17) is 0 Å². The van der Waals surface area contributed by atoms with Crippen LogP contribution in [-0.2, 0) is 16.0 Å². The Bertz CT molecular complexity index is 863. The number of carbonyl (C=O) groups excluding carboxylic acids is 2. The van der Waals surface area contributed by atoms with Crippen molar-refractivity contribution in [2.24, 2.45) is 0 Å². The molecule has 184 valence electrons. The van der Waals surface area contributed by atoms with E-state index in [9.17, 15) is 9.59 Å². The van der Waals surface area contributed by atoms with Gasteiger partial charge in [-0.25, -0.2) is 0 Å². The van der Waals surface area contributed by atoms with Gasteiger partial charge in [0.2, 0.25) is 11.8 Å². The van der Waals surface area contributed by atoms with Crippen molar-refractivity contribution in [1.29, 1.82) is 0 Å². The van der Waals surface area contributed by atoms with Crippen molar-refractivity contribution < 1.29 is 9.59 Å². The lowest BCUT2D eigenvalue weighted by atomic mass is 10.1. The quantitative estimate of drug-likeness (QED) is 0.387. The summed E-state index contributed by atoms with van der Waals surface area (Å²) in [4.78, 5) is 29.7. The molecule has 0 radical (unpaired) electrons. The Morgan fingerprint density at radius 2 is 1.56 bits per heavy atom. The van der Waals surface area contributed by atoms with E-state index in [1.165, 1.54) is 5.56 Å². The fraction of sp³-hybridized carbons (Fsp3) is 0.448. The van der Waals surface area contributed by atoms with Crippen LogP contribution < -0.4 is 5.32 Å². The second-order valence-corrected chi connectivity index (χ2v) is 8.69. The Kier molecular flexibility index (Phi) is 12.7. The molecule has 0 spiro atoms. The molecule has 5 nitrogen and oxygen atoms in total. The normalized spacial score (nSPS) is 12.1. The maximum atomic E-state index is 12.9. The maximum Gasteiger partial charge on any atom is 0.246 e. The van der Waals surface area contributed by atoms with Crippen LogP contribution in [0.4, 0.5) is 0 Å². The fourth-order valence-corrected chi connectivity index (χ4v) is 3.89. The minimum Gasteiger partial charge on any atom is -0.354 e. The first-order valence-electron chi connectivity index (χ1n) is 12.6. The van der Waals surface area contributed by atoms with Gasteiger partial charge in [0, 0.05) is 31.6 Å². The van der Waals surface area contributed by atoms with Gasteiger partial charge < -0.3 is 15.1 Å². The van der Waals surface area contributed by atoms with Crippen LogP contribution in [0.5, 0.6) is 0 Å². The molecule has 0 fully saturated rings. The molecule has 0 aliphatic carbocycles. The summed E-state index contributed by atoms with van der Waals surface area (Å²) in [5, 5.41) is 3.10. The average molecular weight is 464 g/mol. The molecular formula is C29H41N3O2. The second-order valence-electron chi connectivity index (χ2n) is 8.69. The van der Waals surface area contributed by atoms with Gasteiger partial charge in [-0.2, -0.15) is 0 Å². The molecule has 2 aromatic rings. The minimum atomic E-state index is -0.0696. The third-order valence-electron chi connectivity index (χ3n) is 6.06. The van der Waals surface area contributed by atoms with Gasteiger partial charge in [-0.3, -0.25) is 9.59 Å². The van der Waals surface area contributed by atoms with Crippen LogP contribution in [0.3, 0.4) is 0 Å². The van der Waals surface area contributed by atoms with Crippen LogP contribution >= 0.6 is 0 Å². The van der Waals surface area contributed by atoms with Crippen molar-refractivity contribution in [2.75, 3.05) is 32.7 Å². The highest BCUT2D eigenvalue weighted by Gasteiger charge is 2.14. The van der Waals surface area contributed by atoms with Crippen molar-refractivity contribution in [3.05, 3.63) is 77.9 Å². The molecule has 1 N–H and O–H groups in total. The Morgan fingerprint density at radius 3 is 2.21 bits per heavy atom. The molecule has 0 saturated carbocycles. The zero-order chi connectivity index (χ0) is 24.6. The third kappa shape index (κ3) is 10.8. The molecule has 5 heteroatoms. The van der Waals surface area contributed by atoms with Crippen LogP contribution in [0.15, 0.2) is 66.7 Å². The lowest BCUT2D eigenvalue weighted by Crippen LogP contribution is -2.38. The zero-order valence-corrected chi connectivity index (χ0v) is 21.1. The molecule has 1 unspecified atom stereocenters. The summed E-state index contributed by atoms with van der Waals surface area (Å²) in [6, 6.07) is 20.0. The number of nitrogens with one attached hydrogen (secondary N) is 1. The second kappa shape index (κ2) is 15.8. The summed E-state index contributed by atoms with van der Waals surface area (Å²) in [5.41, 5.74) is 2.16. The van der Waals surface area contributed by atoms with Crippen molar-refractivity contribution in [3.8, 4) is 0 Å². The highest BCUT2D eigenvalue weighted by molar-refractivity contribution is 5.92. The van der Waals surface area contributed by atoms with E-state index in [-0.39, 0.29) is 17.9 Å². The highest BCUT2D eigenvalue weighted by atomic mass is 16.2. The van der Waals surface area contributed by atoms with E-state index in [1.54, 1.807) is 11.0 Å². The molecule has 2 amide bonds. The fourth-order valence-electron chi connectivity index (χ4n) is 3.89. The van der Waals surface area contributed by atoms with Gasteiger partial charge in [-0.1, -0.05) is 74.5 Å². The summed E-state index contributed by atoms with van der Waals surface area (Å²) in [5.74, 6) is -0.0697. The van der Waals surface area contributed by atoms with Crippen molar-refractivity contribution in [2.45, 2.75) is 52.5 Å². The predicted octanol–water partition coefficient (Wildman–Crippen LogP) is 4.79. The standard InChI is InChI=1S/C29H41N3O2/c1-4-31(5-2)22-12-13-25(3)30-28(33)21-24-32(23-20-27-16-10-7-11-17-27)29(34)19-18-26-14-8-6-9-15-26/h6-11,14-19,25H,4-5,12-13,20-24H2,1-3H3,(H,30,33)/b19-18+. The average Bonchev–Trinajstić information content (AvgIpc) is 2.86. The van der Waals surface area contributed by atoms with Gasteiger partial charge >= 0.3 is 0 Å². The Labute approximate surface area is 205 Å². The first-order chi connectivity index (χ1) is 16.5. The first kappa shape index (κ1) is 27.3. The number of hydrogen-bond donors (Lipinski definition) is 1. The summed E-state index contributed by atoms with van der Waals surface area (Å²) >= 11 is 0. The number of carbonyl (C=O) groups is 2. The highest BCUT2D eigenvalue weighted by Crippen LogP contribution is 2.07. The van der Waals surface area contributed by atoms with Crippen LogP contribution in [0, 0.1) is 0 Å². The summed E-state index contributed by atoms with van der Waals surface area (Å²) in [6.07, 6.45) is 6.52. The molecule has 2 aromatic carbocycles. The summed E-state index contributed by atoms with van der Waals surface area (Å²) < 4.78 is 0.